The summed E-state index contributed by atoms with van der Waals surface area (Å²) in [5.74, 6) is 2.30. The van der Waals surface area contributed by atoms with Crippen molar-refractivity contribution in [2.75, 3.05) is 33.4 Å². The quantitative estimate of drug-likeness (QED) is 0.741. The molecule has 0 bridgehead atoms. The number of hydrogen-bond acceptors (Lipinski definition) is 3. The lowest BCUT2D eigenvalue weighted by atomic mass is 9.78. The van der Waals surface area contributed by atoms with Gasteiger partial charge >= 0.3 is 0 Å². The van der Waals surface area contributed by atoms with Crippen molar-refractivity contribution in [2.45, 2.75) is 45.4 Å². The Balaban J connectivity index is 1.79. The summed E-state index contributed by atoms with van der Waals surface area (Å²) in [6.45, 7) is 6.39. The van der Waals surface area contributed by atoms with Crippen LogP contribution >= 0.6 is 0 Å². The molecule has 0 aromatic heterocycles. The molecule has 0 spiro atoms. The Kier molecular flexibility index (Phi) is 5.83. The highest BCUT2D eigenvalue weighted by atomic mass is 16.5. The largest absolute Gasteiger partial charge is 0.384 e. The Bertz CT molecular complexity index is 292. The van der Waals surface area contributed by atoms with Gasteiger partial charge in [-0.25, -0.2) is 0 Å². The molecule has 3 atom stereocenters. The van der Waals surface area contributed by atoms with Crippen LogP contribution < -0.4 is 0 Å². The van der Waals surface area contributed by atoms with Crippen molar-refractivity contribution >= 4 is 5.78 Å². The van der Waals surface area contributed by atoms with E-state index in [0.29, 0.717) is 17.6 Å². The van der Waals surface area contributed by atoms with Crippen molar-refractivity contribution in [3.8, 4) is 0 Å². The van der Waals surface area contributed by atoms with E-state index in [9.17, 15) is 4.79 Å². The topological polar surface area (TPSA) is 29.5 Å². The highest BCUT2D eigenvalue weighted by molar-refractivity contribution is 5.81. The number of ketones is 1. The Morgan fingerprint density at radius 2 is 2.16 bits per heavy atom. The number of methoxy groups -OCH3 is 1. The van der Waals surface area contributed by atoms with Crippen LogP contribution in [0.4, 0.5) is 0 Å². The number of Topliss-reactive ketones (excluding diaryl/α,β-unsaturated/α-hetero) is 1. The smallest absolute Gasteiger partial charge is 0.137 e. The molecule has 0 aromatic rings. The van der Waals surface area contributed by atoms with E-state index in [1.54, 1.807) is 7.11 Å². The molecular formula is C16H29NO2. The lowest BCUT2D eigenvalue weighted by Crippen LogP contribution is -2.36. The molecule has 1 saturated carbocycles. The van der Waals surface area contributed by atoms with E-state index >= 15 is 0 Å². The molecule has 3 unspecified atom stereocenters. The molecule has 3 nitrogen and oxygen atoms in total. The first-order valence-electron chi connectivity index (χ1n) is 7.97. The van der Waals surface area contributed by atoms with E-state index in [4.69, 9.17) is 4.74 Å². The summed E-state index contributed by atoms with van der Waals surface area (Å²) in [5, 5.41) is 0. The molecule has 0 amide bonds. The Hall–Kier alpha value is -0.410. The zero-order valence-corrected chi connectivity index (χ0v) is 12.6. The minimum Gasteiger partial charge on any atom is -0.384 e. The third-order valence-electron chi connectivity index (χ3n) is 4.82. The lowest BCUT2D eigenvalue weighted by molar-refractivity contribution is -0.126. The van der Waals surface area contributed by atoms with E-state index in [0.717, 1.165) is 51.4 Å². The molecule has 1 aliphatic heterocycles. The summed E-state index contributed by atoms with van der Waals surface area (Å²) in [5.41, 5.74) is 0. The molecule has 0 radical (unpaired) electrons. The first-order valence-corrected chi connectivity index (χ1v) is 7.97. The van der Waals surface area contributed by atoms with Gasteiger partial charge in [0.05, 0.1) is 6.61 Å². The van der Waals surface area contributed by atoms with Crippen molar-refractivity contribution in [1.82, 2.24) is 4.90 Å². The maximum absolute atomic E-state index is 12.1. The number of carbonyl (C=O) groups excluding carboxylic acids is 1. The average Bonchev–Trinajstić information content (AvgIpc) is 2.82. The van der Waals surface area contributed by atoms with Crippen LogP contribution in [0.15, 0.2) is 0 Å². The van der Waals surface area contributed by atoms with E-state index in [-0.39, 0.29) is 0 Å². The van der Waals surface area contributed by atoms with Crippen LogP contribution in [0.5, 0.6) is 0 Å². The van der Waals surface area contributed by atoms with Crippen molar-refractivity contribution in [2.24, 2.45) is 17.8 Å². The van der Waals surface area contributed by atoms with Gasteiger partial charge in [-0.1, -0.05) is 19.8 Å². The summed E-state index contributed by atoms with van der Waals surface area (Å²) < 4.78 is 5.24. The summed E-state index contributed by atoms with van der Waals surface area (Å²) in [6, 6.07) is 0. The minimum absolute atomic E-state index is 0.312. The van der Waals surface area contributed by atoms with Gasteiger partial charge in [0.2, 0.25) is 0 Å². The predicted octanol–water partition coefficient (Wildman–Crippen LogP) is 2.74. The monoisotopic (exact) mass is 267 g/mol. The van der Waals surface area contributed by atoms with Crippen LogP contribution in [0.1, 0.15) is 45.4 Å². The van der Waals surface area contributed by atoms with Crippen LogP contribution in [0, 0.1) is 17.8 Å². The number of nitrogens with zero attached hydrogens (tertiary/aromatic N) is 1. The molecule has 2 fully saturated rings. The van der Waals surface area contributed by atoms with Gasteiger partial charge in [0.25, 0.3) is 0 Å². The fourth-order valence-electron chi connectivity index (χ4n) is 3.81. The molecule has 1 heterocycles. The standard InChI is InChI=1S/C16H29NO2/c1-3-4-13-5-6-16(18)15(9-13)11-17-8-7-14(10-17)12-19-2/h13-15H,3-12H2,1-2H3. The summed E-state index contributed by atoms with van der Waals surface area (Å²) in [4.78, 5) is 14.6. The van der Waals surface area contributed by atoms with Crippen molar-refractivity contribution < 1.29 is 9.53 Å². The van der Waals surface area contributed by atoms with E-state index in [1.807, 2.05) is 0 Å². The zero-order chi connectivity index (χ0) is 13.7. The fraction of sp³-hybridized carbons (Fsp3) is 0.938. The van der Waals surface area contributed by atoms with E-state index in [2.05, 4.69) is 11.8 Å². The molecule has 2 aliphatic rings. The second-order valence-electron chi connectivity index (χ2n) is 6.46. The first-order chi connectivity index (χ1) is 9.22. The molecule has 0 N–H and O–H groups in total. The summed E-state index contributed by atoms with van der Waals surface area (Å²) in [7, 11) is 1.78. The molecule has 0 aromatic carbocycles. The second kappa shape index (κ2) is 7.39. The van der Waals surface area contributed by atoms with Crippen molar-refractivity contribution in [3.63, 3.8) is 0 Å². The summed E-state index contributed by atoms with van der Waals surface area (Å²) in [6.07, 6.45) is 6.88. The maximum atomic E-state index is 12.1. The second-order valence-corrected chi connectivity index (χ2v) is 6.46. The Morgan fingerprint density at radius 3 is 2.89 bits per heavy atom. The molecule has 1 saturated heterocycles. The molecule has 3 heteroatoms. The number of ether oxygens (including phenoxy) is 1. The SMILES string of the molecule is CCCC1CCC(=O)C(CN2CCC(COC)C2)C1. The van der Waals surface area contributed by atoms with E-state index in [1.165, 1.54) is 19.3 Å². The Morgan fingerprint density at radius 1 is 1.32 bits per heavy atom. The Labute approximate surface area is 117 Å². The third kappa shape index (κ3) is 4.28. The molecule has 1 aliphatic carbocycles. The summed E-state index contributed by atoms with van der Waals surface area (Å²) >= 11 is 0. The van der Waals surface area contributed by atoms with Gasteiger partial charge in [-0.05, 0) is 37.6 Å². The third-order valence-corrected chi connectivity index (χ3v) is 4.82. The molecular weight excluding hydrogens is 238 g/mol. The average molecular weight is 267 g/mol. The van der Waals surface area contributed by atoms with Gasteiger partial charge in [0.15, 0.2) is 0 Å². The maximum Gasteiger partial charge on any atom is 0.137 e. The van der Waals surface area contributed by atoms with Crippen molar-refractivity contribution in [3.05, 3.63) is 0 Å². The number of hydrogen-bond donors (Lipinski definition) is 0. The number of likely N-dealkylation sites (tertiary alicyclic amines) is 1. The van der Waals surface area contributed by atoms with Gasteiger partial charge in [0.1, 0.15) is 5.78 Å². The lowest BCUT2D eigenvalue weighted by Gasteiger charge is -2.30. The normalized spacial score (nSPS) is 32.9. The van der Waals surface area contributed by atoms with Crippen LogP contribution in [-0.4, -0.2) is 44.0 Å². The predicted molar refractivity (Wildman–Crippen MR) is 77.2 cm³/mol. The van der Waals surface area contributed by atoms with Gasteiger partial charge in [-0.3, -0.25) is 4.79 Å². The minimum atomic E-state index is 0.312. The zero-order valence-electron chi connectivity index (χ0n) is 12.6. The van der Waals surface area contributed by atoms with Gasteiger partial charge in [0, 0.05) is 32.5 Å². The highest BCUT2D eigenvalue weighted by Gasteiger charge is 2.31. The fourth-order valence-corrected chi connectivity index (χ4v) is 3.81. The van der Waals surface area contributed by atoms with Crippen LogP contribution in [0.25, 0.3) is 0 Å². The van der Waals surface area contributed by atoms with Crippen LogP contribution in [0.2, 0.25) is 0 Å². The van der Waals surface area contributed by atoms with Crippen molar-refractivity contribution in [1.29, 1.82) is 0 Å². The molecule has 2 rings (SSSR count). The highest BCUT2D eigenvalue weighted by Crippen LogP contribution is 2.31. The van der Waals surface area contributed by atoms with Gasteiger partial charge in [-0.15, -0.1) is 0 Å². The number of rotatable bonds is 6. The van der Waals surface area contributed by atoms with E-state index < -0.39 is 0 Å². The van der Waals surface area contributed by atoms with Crippen LogP contribution in [0.3, 0.4) is 0 Å². The number of carbonyl (C=O) groups is 1. The van der Waals surface area contributed by atoms with Crippen LogP contribution in [-0.2, 0) is 9.53 Å². The first kappa shape index (κ1) is 15.0. The van der Waals surface area contributed by atoms with Gasteiger partial charge < -0.3 is 9.64 Å². The van der Waals surface area contributed by atoms with Gasteiger partial charge in [-0.2, -0.15) is 0 Å². The molecule has 110 valence electrons. The molecule has 19 heavy (non-hydrogen) atoms.